The van der Waals surface area contributed by atoms with Crippen molar-refractivity contribution in [3.63, 3.8) is 0 Å². The molecule has 0 spiro atoms. The minimum Gasteiger partial charge on any atom is -0.382 e. The zero-order valence-corrected chi connectivity index (χ0v) is 17.5. The molecule has 0 aromatic heterocycles. The maximum Gasteiger partial charge on any atom is 0.242 e. The van der Waals surface area contributed by atoms with Crippen LogP contribution in [0.25, 0.3) is 0 Å². The van der Waals surface area contributed by atoms with E-state index in [0.29, 0.717) is 32.3 Å². The summed E-state index contributed by atoms with van der Waals surface area (Å²) >= 11 is 0. The number of guanidine groups is 1. The van der Waals surface area contributed by atoms with E-state index < -0.39 is 10.0 Å². The highest BCUT2D eigenvalue weighted by molar-refractivity contribution is 14.0. The molecule has 9 heteroatoms. The number of ether oxygens (including phenoxy) is 1. The van der Waals surface area contributed by atoms with Gasteiger partial charge in [-0.1, -0.05) is 12.1 Å². The van der Waals surface area contributed by atoms with Gasteiger partial charge in [0.15, 0.2) is 5.96 Å². The monoisotopic (exact) mass is 470 g/mol. The Balaban J connectivity index is 0.00000529. The van der Waals surface area contributed by atoms with Crippen molar-refractivity contribution in [3.8, 4) is 0 Å². The first kappa shape index (κ1) is 23.1. The second kappa shape index (κ2) is 11.6. The summed E-state index contributed by atoms with van der Waals surface area (Å²) in [6.45, 7) is 4.46. The summed E-state index contributed by atoms with van der Waals surface area (Å²) in [5.74, 6) is 0.367. The summed E-state index contributed by atoms with van der Waals surface area (Å²) in [6, 6.07) is 6.63. The number of halogens is 1. The minimum absolute atomic E-state index is 0. The van der Waals surface area contributed by atoms with Crippen molar-refractivity contribution in [1.82, 2.24) is 9.62 Å². The average molecular weight is 470 g/mol. The highest BCUT2D eigenvalue weighted by Crippen LogP contribution is 2.14. The van der Waals surface area contributed by atoms with E-state index in [-0.39, 0.29) is 28.9 Å². The third-order valence-corrected chi connectivity index (χ3v) is 4.94. The molecule has 0 saturated carbocycles. The second-order valence-corrected chi connectivity index (χ2v) is 7.26. The molecule has 24 heavy (non-hydrogen) atoms. The number of nitrogens with zero attached hydrogens (tertiary/aromatic N) is 2. The SMILES string of the molecule is CCOCCCNC(N)=NCc1ccc(S(=O)(=O)N(C)C)cc1.I. The number of hydrogen-bond acceptors (Lipinski definition) is 4. The van der Waals surface area contributed by atoms with Crippen LogP contribution in [0, 0.1) is 0 Å². The molecule has 0 atom stereocenters. The van der Waals surface area contributed by atoms with Gasteiger partial charge in [0.1, 0.15) is 0 Å². The first-order valence-corrected chi connectivity index (χ1v) is 8.95. The molecule has 0 aliphatic heterocycles. The zero-order valence-electron chi connectivity index (χ0n) is 14.4. The van der Waals surface area contributed by atoms with Gasteiger partial charge in [0.25, 0.3) is 0 Å². The molecule has 0 aliphatic carbocycles. The van der Waals surface area contributed by atoms with Gasteiger partial charge in [0.05, 0.1) is 11.4 Å². The maximum atomic E-state index is 12.0. The normalized spacial score (nSPS) is 12.1. The van der Waals surface area contributed by atoms with E-state index in [4.69, 9.17) is 10.5 Å². The van der Waals surface area contributed by atoms with Crippen molar-refractivity contribution in [2.75, 3.05) is 33.9 Å². The van der Waals surface area contributed by atoms with Crippen LogP contribution in [-0.2, 0) is 21.3 Å². The number of nitrogens with two attached hydrogens (primary N) is 1. The molecule has 0 heterocycles. The molecule has 0 aliphatic rings. The summed E-state index contributed by atoms with van der Waals surface area (Å²) in [5, 5.41) is 3.01. The molecular weight excluding hydrogens is 443 g/mol. The van der Waals surface area contributed by atoms with Gasteiger partial charge in [-0.3, -0.25) is 0 Å². The van der Waals surface area contributed by atoms with Gasteiger partial charge in [0.2, 0.25) is 10.0 Å². The Morgan fingerprint density at radius 1 is 1.29 bits per heavy atom. The van der Waals surface area contributed by atoms with Crippen molar-refractivity contribution in [3.05, 3.63) is 29.8 Å². The molecular formula is C15H27IN4O3S. The molecule has 1 rings (SSSR count). The summed E-state index contributed by atoms with van der Waals surface area (Å²) in [7, 11) is -0.385. The second-order valence-electron chi connectivity index (χ2n) is 5.11. The Morgan fingerprint density at radius 2 is 1.92 bits per heavy atom. The number of hydrogen-bond donors (Lipinski definition) is 2. The summed E-state index contributed by atoms with van der Waals surface area (Å²) < 4.78 is 30.3. The topological polar surface area (TPSA) is 97.0 Å². The Bertz CT molecular complexity index is 604. The molecule has 0 fully saturated rings. The lowest BCUT2D eigenvalue weighted by molar-refractivity contribution is 0.145. The van der Waals surface area contributed by atoms with Crippen molar-refractivity contribution in [1.29, 1.82) is 0 Å². The van der Waals surface area contributed by atoms with Crippen LogP contribution in [0.15, 0.2) is 34.2 Å². The van der Waals surface area contributed by atoms with Gasteiger partial charge >= 0.3 is 0 Å². The van der Waals surface area contributed by atoms with Crippen molar-refractivity contribution >= 4 is 40.0 Å². The van der Waals surface area contributed by atoms with E-state index in [1.54, 1.807) is 24.3 Å². The quantitative estimate of drug-likeness (QED) is 0.246. The fourth-order valence-electron chi connectivity index (χ4n) is 1.75. The largest absolute Gasteiger partial charge is 0.382 e. The number of benzene rings is 1. The molecule has 138 valence electrons. The smallest absolute Gasteiger partial charge is 0.242 e. The van der Waals surface area contributed by atoms with Gasteiger partial charge in [0, 0.05) is 33.9 Å². The average Bonchev–Trinajstić information content (AvgIpc) is 2.53. The van der Waals surface area contributed by atoms with E-state index in [9.17, 15) is 8.42 Å². The highest BCUT2D eigenvalue weighted by atomic mass is 127. The van der Waals surface area contributed by atoms with Crippen LogP contribution in [0.4, 0.5) is 0 Å². The van der Waals surface area contributed by atoms with Crippen LogP contribution < -0.4 is 11.1 Å². The fourth-order valence-corrected chi connectivity index (χ4v) is 2.65. The van der Waals surface area contributed by atoms with Crippen LogP contribution in [0.5, 0.6) is 0 Å². The lowest BCUT2D eigenvalue weighted by atomic mass is 10.2. The van der Waals surface area contributed by atoms with Crippen LogP contribution >= 0.6 is 24.0 Å². The lowest BCUT2D eigenvalue weighted by Crippen LogP contribution is -2.32. The standard InChI is InChI=1S/C15H26N4O3S.HI/c1-4-22-11-5-10-17-15(16)18-12-13-6-8-14(9-7-13)23(20,21)19(2)3;/h6-9H,4-5,10-12H2,1-3H3,(H3,16,17,18);1H. The first-order chi connectivity index (χ1) is 10.9. The first-order valence-electron chi connectivity index (χ1n) is 7.51. The molecule has 0 unspecified atom stereocenters. The molecule has 0 radical (unpaired) electrons. The van der Waals surface area contributed by atoms with E-state index in [1.807, 2.05) is 6.92 Å². The van der Waals surface area contributed by atoms with Crippen molar-refractivity contribution in [2.45, 2.75) is 24.8 Å². The Labute approximate surface area is 161 Å². The fraction of sp³-hybridized carbons (Fsp3) is 0.533. The Kier molecular flexibility index (Phi) is 11.2. The van der Waals surface area contributed by atoms with Crippen LogP contribution in [-0.4, -0.2) is 52.5 Å². The van der Waals surface area contributed by atoms with Gasteiger partial charge in [-0.25, -0.2) is 17.7 Å². The summed E-state index contributed by atoms with van der Waals surface area (Å²) in [6.07, 6.45) is 0.862. The Morgan fingerprint density at radius 3 is 2.46 bits per heavy atom. The Hall–Kier alpha value is -0.910. The molecule has 0 amide bonds. The van der Waals surface area contributed by atoms with Crippen LogP contribution in [0.2, 0.25) is 0 Å². The minimum atomic E-state index is -3.40. The number of sulfonamides is 1. The van der Waals surface area contributed by atoms with E-state index in [0.717, 1.165) is 12.0 Å². The van der Waals surface area contributed by atoms with Gasteiger partial charge in [-0.2, -0.15) is 0 Å². The lowest BCUT2D eigenvalue weighted by Gasteiger charge is -2.11. The number of rotatable bonds is 9. The van der Waals surface area contributed by atoms with Gasteiger partial charge < -0.3 is 15.8 Å². The predicted octanol–water partition coefficient (Wildman–Crippen LogP) is 1.39. The van der Waals surface area contributed by atoms with E-state index in [2.05, 4.69) is 10.3 Å². The van der Waals surface area contributed by atoms with Gasteiger partial charge in [-0.05, 0) is 31.0 Å². The molecule has 7 nitrogen and oxygen atoms in total. The molecule has 3 N–H and O–H groups in total. The van der Waals surface area contributed by atoms with Crippen LogP contribution in [0.3, 0.4) is 0 Å². The van der Waals surface area contributed by atoms with E-state index >= 15 is 0 Å². The molecule has 0 saturated heterocycles. The highest BCUT2D eigenvalue weighted by Gasteiger charge is 2.16. The summed E-state index contributed by atoms with van der Waals surface area (Å²) in [5.41, 5.74) is 6.66. The van der Waals surface area contributed by atoms with Crippen molar-refractivity contribution in [2.24, 2.45) is 10.7 Å². The summed E-state index contributed by atoms with van der Waals surface area (Å²) in [4.78, 5) is 4.48. The third-order valence-electron chi connectivity index (χ3n) is 3.11. The number of aliphatic imine (C=N–C) groups is 1. The van der Waals surface area contributed by atoms with Gasteiger partial charge in [-0.15, -0.1) is 24.0 Å². The molecule has 0 bridgehead atoms. The van der Waals surface area contributed by atoms with Crippen LogP contribution in [0.1, 0.15) is 18.9 Å². The third kappa shape index (κ3) is 7.77. The maximum absolute atomic E-state index is 12.0. The molecule has 1 aromatic carbocycles. The number of nitrogens with one attached hydrogen (secondary N) is 1. The van der Waals surface area contributed by atoms with Crippen molar-refractivity contribution < 1.29 is 13.2 Å². The molecule has 1 aromatic rings. The zero-order chi connectivity index (χ0) is 17.3. The predicted molar refractivity (Wildman–Crippen MR) is 107 cm³/mol. The van der Waals surface area contributed by atoms with E-state index in [1.165, 1.54) is 18.4 Å².